The van der Waals surface area contributed by atoms with Crippen LogP contribution in [-0.4, -0.2) is 30.8 Å². The van der Waals surface area contributed by atoms with Gasteiger partial charge in [0.25, 0.3) is 0 Å². The van der Waals surface area contributed by atoms with Gasteiger partial charge in [-0.3, -0.25) is 0 Å². The number of alkyl carbamates (subject to hydrolysis) is 1. The summed E-state index contributed by atoms with van der Waals surface area (Å²) in [6.07, 6.45) is 1.17. The quantitative estimate of drug-likeness (QED) is 0.846. The molecule has 1 aliphatic heterocycles. The van der Waals surface area contributed by atoms with Crippen molar-refractivity contribution in [1.29, 1.82) is 0 Å². The molecule has 0 aromatic heterocycles. The monoisotopic (exact) mass is 350 g/mol. The standard InChI is InChI=1S/C20H31FN2O2/c1-19(2,3)14-7-8-17(16(21)13-14)23-11-9-15(10-12-23)22-18(24)25-20(4,5)6/h7-8,13,15H,9-12H2,1-6H3,(H,22,24). The molecule has 0 saturated carbocycles. The Balaban J connectivity index is 1.93. The van der Waals surface area contributed by atoms with E-state index >= 15 is 0 Å². The lowest BCUT2D eigenvalue weighted by Gasteiger charge is -2.34. The van der Waals surface area contributed by atoms with Crippen LogP contribution in [0.3, 0.4) is 0 Å². The third kappa shape index (κ3) is 5.62. The SMILES string of the molecule is CC(C)(C)OC(=O)NC1CCN(c2ccc(C(C)(C)C)cc2F)CC1. The average molecular weight is 350 g/mol. The second-order valence-corrected chi connectivity index (χ2v) is 8.82. The van der Waals surface area contributed by atoms with E-state index in [1.165, 1.54) is 0 Å². The Kier molecular flexibility index (Phi) is 5.65. The van der Waals surface area contributed by atoms with Gasteiger partial charge in [0.05, 0.1) is 5.69 Å². The molecule has 0 atom stereocenters. The largest absolute Gasteiger partial charge is 0.444 e. The van der Waals surface area contributed by atoms with Crippen molar-refractivity contribution in [3.63, 3.8) is 0 Å². The number of rotatable bonds is 2. The number of ether oxygens (including phenoxy) is 1. The van der Waals surface area contributed by atoms with Crippen LogP contribution in [0.1, 0.15) is 59.9 Å². The van der Waals surface area contributed by atoms with Crippen molar-refractivity contribution in [2.45, 2.75) is 71.4 Å². The average Bonchev–Trinajstić information content (AvgIpc) is 2.45. The molecular formula is C20H31FN2O2. The van der Waals surface area contributed by atoms with Crippen LogP contribution in [0.5, 0.6) is 0 Å². The molecular weight excluding hydrogens is 319 g/mol. The molecule has 1 amide bonds. The molecule has 0 aliphatic carbocycles. The fourth-order valence-electron chi connectivity index (χ4n) is 2.97. The van der Waals surface area contributed by atoms with Gasteiger partial charge in [0.1, 0.15) is 11.4 Å². The molecule has 0 bridgehead atoms. The maximum absolute atomic E-state index is 14.5. The van der Waals surface area contributed by atoms with Gasteiger partial charge in [0.2, 0.25) is 0 Å². The van der Waals surface area contributed by atoms with Crippen LogP contribution < -0.4 is 10.2 Å². The van der Waals surface area contributed by atoms with Crippen LogP contribution in [0.15, 0.2) is 18.2 Å². The van der Waals surface area contributed by atoms with E-state index in [1.54, 1.807) is 6.07 Å². The number of piperidine rings is 1. The van der Waals surface area contributed by atoms with Crippen molar-refractivity contribution in [2.75, 3.05) is 18.0 Å². The summed E-state index contributed by atoms with van der Waals surface area (Å²) in [6.45, 7) is 13.2. The third-order valence-corrected chi connectivity index (χ3v) is 4.37. The maximum atomic E-state index is 14.5. The predicted molar refractivity (Wildman–Crippen MR) is 99.7 cm³/mol. The third-order valence-electron chi connectivity index (χ3n) is 4.37. The van der Waals surface area contributed by atoms with Gasteiger partial charge in [-0.05, 0) is 56.7 Å². The van der Waals surface area contributed by atoms with Gasteiger partial charge < -0.3 is 15.0 Å². The number of halogens is 1. The van der Waals surface area contributed by atoms with E-state index in [0.717, 1.165) is 18.4 Å². The minimum Gasteiger partial charge on any atom is -0.444 e. The lowest BCUT2D eigenvalue weighted by molar-refractivity contribution is 0.0497. The second-order valence-electron chi connectivity index (χ2n) is 8.82. The summed E-state index contributed by atoms with van der Waals surface area (Å²) < 4.78 is 19.8. The number of carbonyl (C=O) groups is 1. The van der Waals surface area contributed by atoms with Crippen LogP contribution in [0.2, 0.25) is 0 Å². The molecule has 1 saturated heterocycles. The number of anilines is 1. The summed E-state index contributed by atoms with van der Waals surface area (Å²) in [6, 6.07) is 5.59. The molecule has 2 rings (SSSR count). The molecule has 140 valence electrons. The molecule has 4 nitrogen and oxygen atoms in total. The highest BCUT2D eigenvalue weighted by molar-refractivity contribution is 5.68. The number of benzene rings is 1. The first-order valence-corrected chi connectivity index (χ1v) is 9.00. The molecule has 0 unspecified atom stereocenters. The fourth-order valence-corrected chi connectivity index (χ4v) is 2.97. The first-order valence-electron chi connectivity index (χ1n) is 9.00. The summed E-state index contributed by atoms with van der Waals surface area (Å²) in [5.74, 6) is -0.175. The molecule has 1 aromatic rings. The van der Waals surface area contributed by atoms with Crippen molar-refractivity contribution in [2.24, 2.45) is 0 Å². The second kappa shape index (κ2) is 7.22. The molecule has 1 aromatic carbocycles. The van der Waals surface area contributed by atoms with Gasteiger partial charge >= 0.3 is 6.09 Å². The zero-order chi connectivity index (χ0) is 18.8. The zero-order valence-corrected chi connectivity index (χ0v) is 16.3. The Morgan fingerprint density at radius 3 is 2.24 bits per heavy atom. The van der Waals surface area contributed by atoms with Crippen molar-refractivity contribution >= 4 is 11.8 Å². The molecule has 1 aliphatic rings. The van der Waals surface area contributed by atoms with E-state index < -0.39 is 5.60 Å². The van der Waals surface area contributed by atoms with E-state index in [2.05, 4.69) is 31.0 Å². The molecule has 0 radical (unpaired) electrons. The van der Waals surface area contributed by atoms with Crippen LogP contribution in [-0.2, 0) is 10.2 Å². The van der Waals surface area contributed by atoms with Crippen molar-refractivity contribution in [3.8, 4) is 0 Å². The van der Waals surface area contributed by atoms with Crippen molar-refractivity contribution in [1.82, 2.24) is 5.32 Å². The number of hydrogen-bond donors (Lipinski definition) is 1. The Bertz CT molecular complexity index is 609. The van der Waals surface area contributed by atoms with Gasteiger partial charge in [-0.2, -0.15) is 0 Å². The topological polar surface area (TPSA) is 41.6 Å². The van der Waals surface area contributed by atoms with E-state index in [4.69, 9.17) is 4.74 Å². The van der Waals surface area contributed by atoms with Crippen LogP contribution in [0.25, 0.3) is 0 Å². The summed E-state index contributed by atoms with van der Waals surface area (Å²) in [7, 11) is 0. The first kappa shape index (κ1) is 19.5. The Labute approximate surface area is 150 Å². The van der Waals surface area contributed by atoms with Crippen molar-refractivity contribution < 1.29 is 13.9 Å². The molecule has 1 heterocycles. The summed E-state index contributed by atoms with van der Waals surface area (Å²) in [5, 5.41) is 2.91. The highest BCUT2D eigenvalue weighted by Gasteiger charge is 2.25. The minimum atomic E-state index is -0.497. The Morgan fingerprint density at radius 1 is 1.16 bits per heavy atom. The summed E-state index contributed by atoms with van der Waals surface area (Å²) >= 11 is 0. The van der Waals surface area contributed by atoms with Crippen molar-refractivity contribution in [3.05, 3.63) is 29.6 Å². The highest BCUT2D eigenvalue weighted by atomic mass is 19.1. The number of nitrogens with one attached hydrogen (secondary N) is 1. The molecule has 1 fully saturated rings. The van der Waals surface area contributed by atoms with Gasteiger partial charge in [-0.25, -0.2) is 9.18 Å². The van der Waals surface area contributed by atoms with Crippen LogP contribution >= 0.6 is 0 Å². The number of hydrogen-bond acceptors (Lipinski definition) is 3. The lowest BCUT2D eigenvalue weighted by Crippen LogP contribution is -2.46. The Hall–Kier alpha value is -1.78. The van der Waals surface area contributed by atoms with Crippen LogP contribution in [0.4, 0.5) is 14.9 Å². The smallest absolute Gasteiger partial charge is 0.407 e. The van der Waals surface area contributed by atoms with E-state index in [9.17, 15) is 9.18 Å². The van der Waals surface area contributed by atoms with E-state index in [0.29, 0.717) is 18.8 Å². The van der Waals surface area contributed by atoms with Gasteiger partial charge in [0.15, 0.2) is 0 Å². The lowest BCUT2D eigenvalue weighted by atomic mass is 9.87. The molecule has 5 heteroatoms. The van der Waals surface area contributed by atoms with Gasteiger partial charge in [-0.1, -0.05) is 26.8 Å². The van der Waals surface area contributed by atoms with Gasteiger partial charge in [0, 0.05) is 19.1 Å². The summed E-state index contributed by atoms with van der Waals surface area (Å²) in [4.78, 5) is 13.9. The van der Waals surface area contributed by atoms with E-state index in [1.807, 2.05) is 32.9 Å². The fraction of sp³-hybridized carbons (Fsp3) is 0.650. The van der Waals surface area contributed by atoms with E-state index in [-0.39, 0.29) is 23.4 Å². The molecule has 1 N–H and O–H groups in total. The predicted octanol–water partition coefficient (Wildman–Crippen LogP) is 4.62. The number of nitrogens with zero attached hydrogens (tertiary/aromatic N) is 1. The minimum absolute atomic E-state index is 0.0658. The first-order chi connectivity index (χ1) is 11.5. The highest BCUT2D eigenvalue weighted by Crippen LogP contribution is 2.29. The van der Waals surface area contributed by atoms with Gasteiger partial charge in [-0.15, -0.1) is 0 Å². The maximum Gasteiger partial charge on any atom is 0.407 e. The molecule has 25 heavy (non-hydrogen) atoms. The zero-order valence-electron chi connectivity index (χ0n) is 16.3. The Morgan fingerprint density at radius 2 is 1.76 bits per heavy atom. The summed E-state index contributed by atoms with van der Waals surface area (Å²) in [5.41, 5.74) is 1.07. The molecule has 0 spiro atoms. The number of amides is 1. The normalized spacial score (nSPS) is 16.7. The number of carbonyl (C=O) groups excluding carboxylic acids is 1. The van der Waals surface area contributed by atoms with Crippen LogP contribution in [0, 0.1) is 5.82 Å².